The van der Waals surface area contributed by atoms with Crippen LogP contribution in [0, 0.1) is 0 Å². The van der Waals surface area contributed by atoms with Gasteiger partial charge in [-0.1, -0.05) is 6.07 Å². The number of hydrogen-bond donors (Lipinski definition) is 0. The molecule has 4 rings (SSSR count). The van der Waals surface area contributed by atoms with Gasteiger partial charge < -0.3 is 13.9 Å². The summed E-state index contributed by atoms with van der Waals surface area (Å²) in [6.07, 6.45) is 2.13. The Kier molecular flexibility index (Phi) is 5.94. The van der Waals surface area contributed by atoms with Crippen LogP contribution in [0.25, 0.3) is 0 Å². The Morgan fingerprint density at radius 2 is 2.03 bits per heavy atom. The van der Waals surface area contributed by atoms with Gasteiger partial charge in [-0.2, -0.15) is 5.10 Å². The molecule has 1 aromatic carbocycles. The maximum absolute atomic E-state index is 13.0. The molecule has 1 atom stereocenters. The monoisotopic (exact) mass is 424 g/mol. The number of rotatable bonds is 7. The molecule has 30 heavy (non-hydrogen) atoms. The van der Waals surface area contributed by atoms with Gasteiger partial charge in [0.15, 0.2) is 6.61 Å². The van der Waals surface area contributed by atoms with Crippen LogP contribution in [0.2, 0.25) is 0 Å². The van der Waals surface area contributed by atoms with E-state index in [1.807, 2.05) is 29.6 Å². The van der Waals surface area contributed by atoms with Gasteiger partial charge in [-0.15, -0.1) is 11.3 Å². The molecule has 3 aromatic rings. The fraction of sp³-hybridized carbons (Fsp3) is 0.227. The zero-order chi connectivity index (χ0) is 20.9. The fourth-order valence-electron chi connectivity index (χ4n) is 3.18. The van der Waals surface area contributed by atoms with Gasteiger partial charge in [0.2, 0.25) is 0 Å². The van der Waals surface area contributed by atoms with E-state index in [1.165, 1.54) is 16.3 Å². The number of nitrogens with zero attached hydrogens (tertiary/aromatic N) is 2. The number of carbonyl (C=O) groups excluding carboxylic acids is 2. The number of esters is 1. The summed E-state index contributed by atoms with van der Waals surface area (Å²) < 4.78 is 15.9. The van der Waals surface area contributed by atoms with Gasteiger partial charge >= 0.3 is 5.97 Å². The van der Waals surface area contributed by atoms with Gasteiger partial charge in [0.05, 0.1) is 23.5 Å². The first-order valence-electron chi connectivity index (χ1n) is 9.52. The second kappa shape index (κ2) is 8.96. The molecule has 0 saturated carbocycles. The molecule has 2 aromatic heterocycles. The molecule has 0 spiro atoms. The van der Waals surface area contributed by atoms with Gasteiger partial charge in [0, 0.05) is 6.42 Å². The average Bonchev–Trinajstić information content (AvgIpc) is 3.53. The highest BCUT2D eigenvalue weighted by Gasteiger charge is 2.35. The molecular formula is C22H20N2O5S. The first-order valence-corrected chi connectivity index (χ1v) is 10.4. The number of amides is 1. The van der Waals surface area contributed by atoms with Crippen molar-refractivity contribution in [1.82, 2.24) is 5.01 Å². The summed E-state index contributed by atoms with van der Waals surface area (Å²) in [6.45, 7) is 1.92. The lowest BCUT2D eigenvalue weighted by molar-refractivity contribution is -0.145. The smallest absolute Gasteiger partial charge is 0.344 e. The van der Waals surface area contributed by atoms with Crippen molar-refractivity contribution >= 4 is 28.9 Å². The topological polar surface area (TPSA) is 81.3 Å². The average molecular weight is 424 g/mol. The van der Waals surface area contributed by atoms with E-state index >= 15 is 0 Å². The van der Waals surface area contributed by atoms with E-state index in [-0.39, 0.29) is 18.6 Å². The molecule has 0 N–H and O–H groups in total. The van der Waals surface area contributed by atoms with Crippen molar-refractivity contribution in [2.45, 2.75) is 19.4 Å². The number of ether oxygens (including phenoxy) is 2. The highest BCUT2D eigenvalue weighted by atomic mass is 32.1. The predicted octanol–water partition coefficient (Wildman–Crippen LogP) is 4.27. The quantitative estimate of drug-likeness (QED) is 0.529. The summed E-state index contributed by atoms with van der Waals surface area (Å²) in [5.74, 6) is 0.675. The lowest BCUT2D eigenvalue weighted by atomic mass is 10.0. The second-order valence-electron chi connectivity index (χ2n) is 6.53. The minimum absolute atomic E-state index is 0.141. The summed E-state index contributed by atoms with van der Waals surface area (Å²) in [6, 6.07) is 14.2. The van der Waals surface area contributed by atoms with Crippen molar-refractivity contribution in [2.75, 3.05) is 13.2 Å². The second-order valence-corrected chi connectivity index (χ2v) is 7.47. The van der Waals surface area contributed by atoms with Crippen molar-refractivity contribution in [2.24, 2.45) is 5.10 Å². The van der Waals surface area contributed by atoms with Crippen molar-refractivity contribution < 1.29 is 23.5 Å². The minimum atomic E-state index is -0.411. The van der Waals surface area contributed by atoms with Crippen LogP contribution in [-0.4, -0.2) is 35.8 Å². The van der Waals surface area contributed by atoms with Crippen LogP contribution in [-0.2, 0) is 9.53 Å². The predicted molar refractivity (Wildman–Crippen MR) is 112 cm³/mol. The largest absolute Gasteiger partial charge is 0.482 e. The van der Waals surface area contributed by atoms with E-state index in [9.17, 15) is 9.59 Å². The maximum Gasteiger partial charge on any atom is 0.344 e. The molecule has 0 aliphatic carbocycles. The van der Waals surface area contributed by atoms with Crippen LogP contribution in [0.1, 0.15) is 40.4 Å². The maximum atomic E-state index is 13.0. The molecule has 1 aliphatic rings. The molecule has 1 aliphatic heterocycles. The molecule has 0 bridgehead atoms. The molecule has 1 unspecified atom stereocenters. The molecule has 1 amide bonds. The first-order chi connectivity index (χ1) is 14.7. The van der Waals surface area contributed by atoms with Gasteiger partial charge in [-0.05, 0) is 60.3 Å². The van der Waals surface area contributed by atoms with E-state index in [2.05, 4.69) is 5.10 Å². The van der Waals surface area contributed by atoms with Crippen LogP contribution >= 0.6 is 11.3 Å². The molecule has 154 valence electrons. The Hall–Kier alpha value is -3.39. The highest BCUT2D eigenvalue weighted by molar-refractivity contribution is 7.12. The van der Waals surface area contributed by atoms with E-state index in [0.717, 1.165) is 11.3 Å². The fourth-order valence-corrected chi connectivity index (χ4v) is 3.83. The number of carbonyl (C=O) groups is 2. The zero-order valence-corrected chi connectivity index (χ0v) is 17.1. The van der Waals surface area contributed by atoms with Crippen LogP contribution in [0.4, 0.5) is 0 Å². The van der Waals surface area contributed by atoms with Gasteiger partial charge in [-0.25, -0.2) is 9.80 Å². The molecule has 3 heterocycles. The summed E-state index contributed by atoms with van der Waals surface area (Å²) >= 11 is 1.38. The van der Waals surface area contributed by atoms with Crippen LogP contribution in [0.5, 0.6) is 5.75 Å². The molecular weight excluding hydrogens is 404 g/mol. The normalized spacial score (nSPS) is 15.7. The summed E-state index contributed by atoms with van der Waals surface area (Å²) in [5, 5.41) is 7.97. The van der Waals surface area contributed by atoms with Gasteiger partial charge in [0.1, 0.15) is 17.6 Å². The molecule has 0 fully saturated rings. The number of hydrogen-bond acceptors (Lipinski definition) is 7. The number of hydrazone groups is 1. The van der Waals surface area contributed by atoms with Crippen molar-refractivity contribution in [3.63, 3.8) is 0 Å². The van der Waals surface area contributed by atoms with E-state index in [4.69, 9.17) is 13.9 Å². The Labute approximate surface area is 177 Å². The third kappa shape index (κ3) is 4.28. The standard InChI is InChI=1S/C22H20N2O5S/c1-2-27-21(25)14-29-16-9-7-15(8-10-16)17-13-18(19-5-3-11-28-19)24(23-17)22(26)20-6-4-12-30-20/h3-12,18H,2,13-14H2,1H3. The lowest BCUT2D eigenvalue weighted by Crippen LogP contribution is -2.26. The number of furan rings is 1. The third-order valence-electron chi connectivity index (χ3n) is 4.57. The van der Waals surface area contributed by atoms with E-state index in [1.54, 1.807) is 37.5 Å². The Morgan fingerprint density at radius 3 is 2.70 bits per heavy atom. The Bertz CT molecular complexity index is 1030. The summed E-state index contributed by atoms with van der Waals surface area (Å²) in [7, 11) is 0. The van der Waals surface area contributed by atoms with Crippen molar-refractivity contribution in [1.29, 1.82) is 0 Å². The van der Waals surface area contributed by atoms with E-state index < -0.39 is 5.97 Å². The molecule has 0 radical (unpaired) electrons. The summed E-state index contributed by atoms with van der Waals surface area (Å²) in [5.41, 5.74) is 1.65. The Balaban J connectivity index is 1.52. The lowest BCUT2D eigenvalue weighted by Gasteiger charge is -2.18. The molecule has 7 nitrogen and oxygen atoms in total. The van der Waals surface area contributed by atoms with Crippen LogP contribution < -0.4 is 4.74 Å². The Morgan fingerprint density at radius 1 is 1.20 bits per heavy atom. The first kappa shape index (κ1) is 19.9. The number of thiophene rings is 1. The van der Waals surface area contributed by atoms with Gasteiger partial charge in [-0.3, -0.25) is 4.79 Å². The SMILES string of the molecule is CCOC(=O)COc1ccc(C2=NN(C(=O)c3cccs3)C(c3ccco3)C2)cc1. The van der Waals surface area contributed by atoms with Crippen LogP contribution in [0.3, 0.4) is 0 Å². The van der Waals surface area contributed by atoms with Gasteiger partial charge in [0.25, 0.3) is 5.91 Å². The third-order valence-corrected chi connectivity index (χ3v) is 5.43. The molecule has 0 saturated heterocycles. The van der Waals surface area contributed by atoms with Crippen molar-refractivity contribution in [3.8, 4) is 5.75 Å². The highest BCUT2D eigenvalue weighted by Crippen LogP contribution is 2.35. The van der Waals surface area contributed by atoms with Crippen LogP contribution in [0.15, 0.2) is 69.7 Å². The summed E-state index contributed by atoms with van der Waals surface area (Å²) in [4.78, 5) is 25.0. The molecule has 8 heteroatoms. The van der Waals surface area contributed by atoms with Crippen molar-refractivity contribution in [3.05, 3.63) is 76.4 Å². The minimum Gasteiger partial charge on any atom is -0.482 e. The van der Waals surface area contributed by atoms with E-state index in [0.29, 0.717) is 29.4 Å². The zero-order valence-electron chi connectivity index (χ0n) is 16.3. The number of benzene rings is 1.